The summed E-state index contributed by atoms with van der Waals surface area (Å²) >= 11 is 0. The number of carbonyl (C=O) groups is 2. The SMILES string of the molecule is CCCCC/C=C\C=C\C(=O)OC[C@@H]1O[C@@H](O[C@H]2[C@H](OC(=O)/C=C/C=C/C[C@H](O)/C=C/C=C/CCCCC)[C@@H](O)[C@H](c3c(O)cc(O)cc3CO)O[C@@H]2CO)[C@H](O[C@@H]2O[C@@H](CO)[C@H](O)[C@H](O)C2O)[C@@H](O)[C@H]1O. The number of phenolic OH excluding ortho intramolecular Hbond substituents is 2. The van der Waals surface area contributed by atoms with Crippen molar-refractivity contribution < 1.29 is 104 Å². The molecule has 72 heavy (non-hydrogen) atoms. The van der Waals surface area contributed by atoms with Gasteiger partial charge in [-0.2, -0.15) is 0 Å². The van der Waals surface area contributed by atoms with Crippen LogP contribution in [-0.2, 0) is 49.4 Å². The molecule has 1 aromatic carbocycles. The molecule has 0 aliphatic carbocycles. The highest BCUT2D eigenvalue weighted by molar-refractivity contribution is 5.82. The fraction of sp³-hybridized carbons (Fsp3) is 0.608. The molecule has 3 aliphatic rings. The van der Waals surface area contributed by atoms with Crippen LogP contribution >= 0.6 is 0 Å². The van der Waals surface area contributed by atoms with Crippen LogP contribution in [0.1, 0.15) is 88.9 Å². The van der Waals surface area contributed by atoms with Gasteiger partial charge in [0.05, 0.1) is 25.9 Å². The van der Waals surface area contributed by atoms with Gasteiger partial charge in [-0.1, -0.05) is 100 Å². The van der Waals surface area contributed by atoms with Gasteiger partial charge in [-0.05, 0) is 43.7 Å². The number of esters is 2. The maximum Gasteiger partial charge on any atom is 0.331 e. The number of hydrogen-bond donors (Lipinski definition) is 12. The Hall–Kier alpha value is -4.40. The summed E-state index contributed by atoms with van der Waals surface area (Å²) < 4.78 is 40.8. The van der Waals surface area contributed by atoms with Gasteiger partial charge >= 0.3 is 11.9 Å². The van der Waals surface area contributed by atoms with Gasteiger partial charge in [0.2, 0.25) is 0 Å². The van der Waals surface area contributed by atoms with E-state index >= 15 is 0 Å². The van der Waals surface area contributed by atoms with Crippen molar-refractivity contribution in [2.45, 2.75) is 176 Å². The number of hydrogen-bond acceptors (Lipinski definition) is 21. The molecule has 4 rings (SSSR count). The number of ether oxygens (including phenoxy) is 7. The van der Waals surface area contributed by atoms with Crippen molar-refractivity contribution in [1.82, 2.24) is 0 Å². The summed E-state index contributed by atoms with van der Waals surface area (Å²) in [4.78, 5) is 26.3. The quantitative estimate of drug-likeness (QED) is 0.0254. The summed E-state index contributed by atoms with van der Waals surface area (Å²) in [5, 5.41) is 129. The second-order valence-electron chi connectivity index (χ2n) is 17.6. The van der Waals surface area contributed by atoms with Crippen molar-refractivity contribution in [1.29, 1.82) is 0 Å². The van der Waals surface area contributed by atoms with Gasteiger partial charge in [-0.25, -0.2) is 9.59 Å². The number of aliphatic hydroxyl groups excluding tert-OH is 10. The smallest absolute Gasteiger partial charge is 0.331 e. The Kier molecular flexibility index (Phi) is 26.2. The molecule has 3 heterocycles. The Morgan fingerprint density at radius 3 is 1.86 bits per heavy atom. The lowest BCUT2D eigenvalue weighted by Gasteiger charge is -2.49. The predicted molar refractivity (Wildman–Crippen MR) is 255 cm³/mol. The topological polar surface area (TPSA) is 342 Å². The summed E-state index contributed by atoms with van der Waals surface area (Å²) in [6.07, 6.45) is -2.13. The van der Waals surface area contributed by atoms with Crippen LogP contribution in [0.3, 0.4) is 0 Å². The summed E-state index contributed by atoms with van der Waals surface area (Å²) in [5.41, 5.74) is -0.392. The Morgan fingerprint density at radius 2 is 1.22 bits per heavy atom. The molecule has 0 radical (unpaired) electrons. The van der Waals surface area contributed by atoms with Gasteiger partial charge in [0.1, 0.15) is 91.4 Å². The van der Waals surface area contributed by atoms with Crippen LogP contribution in [-0.4, -0.2) is 185 Å². The lowest BCUT2D eigenvalue weighted by Crippen LogP contribution is -2.66. The van der Waals surface area contributed by atoms with Crippen molar-refractivity contribution in [2.75, 3.05) is 19.8 Å². The van der Waals surface area contributed by atoms with Gasteiger partial charge in [-0.3, -0.25) is 0 Å². The molecule has 21 heteroatoms. The maximum atomic E-state index is 13.6. The first-order valence-electron chi connectivity index (χ1n) is 24.4. The van der Waals surface area contributed by atoms with Crippen LogP contribution in [0.4, 0.5) is 0 Å². The van der Waals surface area contributed by atoms with E-state index in [0.29, 0.717) is 0 Å². The van der Waals surface area contributed by atoms with E-state index in [4.69, 9.17) is 33.2 Å². The number of rotatable bonds is 27. The molecular formula is C51H74O21. The monoisotopic (exact) mass is 1020 g/mol. The maximum absolute atomic E-state index is 13.6. The molecule has 0 aromatic heterocycles. The Morgan fingerprint density at radius 1 is 0.625 bits per heavy atom. The first-order chi connectivity index (χ1) is 34.6. The van der Waals surface area contributed by atoms with E-state index in [2.05, 4.69) is 13.8 Å². The molecule has 404 valence electrons. The number of aliphatic hydroxyl groups is 10. The molecule has 3 aliphatic heterocycles. The summed E-state index contributed by atoms with van der Waals surface area (Å²) in [7, 11) is 0. The first-order valence-corrected chi connectivity index (χ1v) is 24.4. The second kappa shape index (κ2) is 31.4. The molecule has 1 unspecified atom stereocenters. The fourth-order valence-corrected chi connectivity index (χ4v) is 8.13. The molecule has 0 spiro atoms. The normalized spacial score (nSPS) is 32.0. The van der Waals surface area contributed by atoms with Crippen molar-refractivity contribution >= 4 is 11.9 Å². The van der Waals surface area contributed by atoms with E-state index in [0.717, 1.165) is 75.7 Å². The highest BCUT2D eigenvalue weighted by Gasteiger charge is 2.55. The van der Waals surface area contributed by atoms with Crippen LogP contribution in [0.5, 0.6) is 11.5 Å². The molecule has 3 saturated heterocycles. The van der Waals surface area contributed by atoms with Crippen LogP contribution in [0.2, 0.25) is 0 Å². The molecule has 3 fully saturated rings. The molecule has 0 bridgehead atoms. The molecule has 21 nitrogen and oxygen atoms in total. The minimum Gasteiger partial charge on any atom is -0.508 e. The third-order valence-corrected chi connectivity index (χ3v) is 12.1. The minimum atomic E-state index is -2.09. The average molecular weight is 1020 g/mol. The zero-order valence-electron chi connectivity index (χ0n) is 40.6. The average Bonchev–Trinajstić information content (AvgIpc) is 3.36. The highest BCUT2D eigenvalue weighted by Crippen LogP contribution is 2.43. The van der Waals surface area contributed by atoms with Crippen LogP contribution in [0.25, 0.3) is 0 Å². The Balaban J connectivity index is 1.66. The van der Waals surface area contributed by atoms with Crippen molar-refractivity contribution in [3.05, 3.63) is 96.2 Å². The lowest BCUT2D eigenvalue weighted by atomic mass is 9.88. The van der Waals surface area contributed by atoms with Crippen molar-refractivity contribution in [2.24, 2.45) is 0 Å². The van der Waals surface area contributed by atoms with E-state index in [1.54, 1.807) is 24.3 Å². The highest BCUT2D eigenvalue weighted by atomic mass is 16.8. The fourth-order valence-electron chi connectivity index (χ4n) is 8.13. The van der Waals surface area contributed by atoms with Gasteiger partial charge in [0, 0.05) is 23.8 Å². The molecule has 12 N–H and O–H groups in total. The van der Waals surface area contributed by atoms with Crippen molar-refractivity contribution in [3.63, 3.8) is 0 Å². The zero-order valence-corrected chi connectivity index (χ0v) is 40.6. The summed E-state index contributed by atoms with van der Waals surface area (Å²) in [6, 6.07) is 1.97. The van der Waals surface area contributed by atoms with Crippen LogP contribution in [0, 0.1) is 0 Å². The minimum absolute atomic E-state index is 0.126. The molecule has 16 atom stereocenters. The van der Waals surface area contributed by atoms with Gasteiger partial charge in [-0.15, -0.1) is 0 Å². The number of carbonyl (C=O) groups excluding carboxylic acids is 2. The molecule has 0 amide bonds. The number of aromatic hydroxyl groups is 2. The Labute approximate surface area is 418 Å². The molecule has 0 saturated carbocycles. The standard InChI is InChI=1S/C51H74O21/c1-3-5-7-9-11-13-16-20-31(55)21-17-15-19-23-38(59)70-48-45(65)47(39-30(26-52)24-32(56)25-33(39)57)67-35(28-54)46(48)71-51-49(72-50-44(64)42(62)40(60)34(27-53)68-50)43(63)41(61)36(69-51)29-66-37(58)22-18-14-12-10-8-6-4-2/h11-20,22-25,31,34-36,40-57,60-65H,3-10,21,26-29H2,1-2H3/b13-11+,14-12-,17-15+,20-16+,22-18+,23-19+/t31-,34+,35-,36+,40+,41+,42+,43+,44?,45+,46-,47+,48-,49-,50+,51+/m1/s1. The number of benzene rings is 1. The second-order valence-corrected chi connectivity index (χ2v) is 17.6. The summed E-state index contributed by atoms with van der Waals surface area (Å²) in [6.45, 7) is 0.838. The zero-order chi connectivity index (χ0) is 52.7. The summed E-state index contributed by atoms with van der Waals surface area (Å²) in [5.74, 6) is -3.10. The van der Waals surface area contributed by atoms with Crippen LogP contribution < -0.4 is 0 Å². The van der Waals surface area contributed by atoms with Gasteiger partial charge in [0.15, 0.2) is 18.7 Å². The van der Waals surface area contributed by atoms with Crippen LogP contribution in [0.15, 0.2) is 85.0 Å². The van der Waals surface area contributed by atoms with E-state index in [-0.39, 0.29) is 17.5 Å². The van der Waals surface area contributed by atoms with Crippen molar-refractivity contribution in [3.8, 4) is 11.5 Å². The van der Waals surface area contributed by atoms with E-state index in [9.17, 15) is 70.9 Å². The van der Waals surface area contributed by atoms with E-state index in [1.165, 1.54) is 18.2 Å². The first kappa shape index (κ1) is 60.2. The largest absolute Gasteiger partial charge is 0.508 e. The van der Waals surface area contributed by atoms with E-state index in [1.807, 2.05) is 18.2 Å². The third-order valence-electron chi connectivity index (χ3n) is 12.1. The number of allylic oxidation sites excluding steroid dienone is 8. The lowest BCUT2D eigenvalue weighted by molar-refractivity contribution is -0.383. The van der Waals surface area contributed by atoms with E-state index < -0.39 is 148 Å². The Bertz CT molecular complexity index is 1970. The number of unbranched alkanes of at least 4 members (excludes halogenated alkanes) is 6. The number of phenols is 2. The predicted octanol–water partition coefficient (Wildman–Crippen LogP) is 1.10. The molecular weight excluding hydrogens is 949 g/mol. The van der Waals surface area contributed by atoms with Gasteiger partial charge in [0.25, 0.3) is 0 Å². The van der Waals surface area contributed by atoms with Gasteiger partial charge < -0.3 is 94.4 Å². The molecule has 1 aromatic rings. The third kappa shape index (κ3) is 17.6.